The first-order valence-electron chi connectivity index (χ1n) is 11.9. The maximum atomic E-state index is 13.2. The number of likely N-dealkylation sites (tertiary alicyclic amines) is 1. The Morgan fingerprint density at radius 1 is 1.27 bits per heavy atom. The van der Waals surface area contributed by atoms with Crippen molar-refractivity contribution in [2.24, 2.45) is 0 Å². The molecule has 5 rings (SSSR count). The number of hydrogen-bond donors (Lipinski definition) is 2. The normalized spacial score (nSPS) is 19.7. The Morgan fingerprint density at radius 2 is 2.08 bits per heavy atom. The predicted molar refractivity (Wildman–Crippen MR) is 130 cm³/mol. The van der Waals surface area contributed by atoms with E-state index in [1.165, 1.54) is 12.3 Å². The minimum absolute atomic E-state index is 0.132. The number of nitrogens with two attached hydrogens (primary N) is 1. The van der Waals surface area contributed by atoms with E-state index < -0.39 is 12.2 Å². The van der Waals surface area contributed by atoms with Gasteiger partial charge in [-0.2, -0.15) is 13.9 Å². The van der Waals surface area contributed by atoms with E-state index in [1.54, 1.807) is 12.0 Å². The second-order valence-electron chi connectivity index (χ2n) is 9.01. The lowest BCUT2D eigenvalue weighted by atomic mass is 9.96. The molecule has 2 aliphatic heterocycles. The highest BCUT2D eigenvalue weighted by molar-refractivity contribution is 5.75. The summed E-state index contributed by atoms with van der Waals surface area (Å²) in [5.74, 6) is -0.343. The summed E-state index contributed by atoms with van der Waals surface area (Å²) in [5.41, 5.74) is 7.73. The molecule has 2 amide bonds. The number of carbonyl (C=O) groups is 1. The second-order valence-corrected chi connectivity index (χ2v) is 9.01. The van der Waals surface area contributed by atoms with Crippen LogP contribution in [0, 0.1) is 0 Å². The van der Waals surface area contributed by atoms with Gasteiger partial charge >= 0.3 is 12.6 Å². The van der Waals surface area contributed by atoms with Crippen molar-refractivity contribution < 1.29 is 27.8 Å². The van der Waals surface area contributed by atoms with E-state index in [9.17, 15) is 13.6 Å². The maximum Gasteiger partial charge on any atom is 0.387 e. The fourth-order valence-electron chi connectivity index (χ4n) is 4.88. The Hall–Kier alpha value is -3.77. The summed E-state index contributed by atoms with van der Waals surface area (Å²) in [7, 11) is 1.60. The standard InChI is InChI=1S/C25H28F2N6O4/c1-35-14-19(16-5-3-2-4-6-16)30-24(34)32-8-7-25(15-32)21-12-18(31-33(21)9-10-36-25)17-11-20(37-23(26)27)22(28)29-13-17/h2-6,11-13,19,23H,7-10,14-15H2,1H3,(H2,28,29)(H,30,34). The van der Waals surface area contributed by atoms with Gasteiger partial charge in [0.15, 0.2) is 11.6 Å². The summed E-state index contributed by atoms with van der Waals surface area (Å²) in [4.78, 5) is 18.9. The number of pyridine rings is 1. The van der Waals surface area contributed by atoms with Gasteiger partial charge in [0.25, 0.3) is 0 Å². The number of halogens is 2. The predicted octanol–water partition coefficient (Wildman–Crippen LogP) is 3.16. The minimum Gasteiger partial charge on any atom is -0.431 e. The highest BCUT2D eigenvalue weighted by atomic mass is 19.3. The number of fused-ring (bicyclic) bond motifs is 2. The number of aromatic nitrogens is 3. The van der Waals surface area contributed by atoms with E-state index >= 15 is 0 Å². The van der Waals surface area contributed by atoms with E-state index in [-0.39, 0.29) is 23.6 Å². The molecule has 1 fully saturated rings. The van der Waals surface area contributed by atoms with Crippen LogP contribution in [0.4, 0.5) is 19.4 Å². The number of benzene rings is 1. The molecule has 1 saturated heterocycles. The molecule has 196 valence electrons. The van der Waals surface area contributed by atoms with E-state index in [1.807, 2.05) is 41.1 Å². The van der Waals surface area contributed by atoms with Gasteiger partial charge in [-0.15, -0.1) is 0 Å². The van der Waals surface area contributed by atoms with Crippen molar-refractivity contribution in [1.82, 2.24) is 25.0 Å². The van der Waals surface area contributed by atoms with Crippen molar-refractivity contribution in [3.05, 3.63) is 59.9 Å². The number of nitrogens with zero attached hydrogens (tertiary/aromatic N) is 4. The van der Waals surface area contributed by atoms with Gasteiger partial charge < -0.3 is 30.2 Å². The Labute approximate surface area is 212 Å². The molecule has 2 aromatic heterocycles. The number of urea groups is 1. The Bertz CT molecular complexity index is 1260. The molecule has 2 unspecified atom stereocenters. The van der Waals surface area contributed by atoms with Crippen LogP contribution in [0.2, 0.25) is 0 Å². The summed E-state index contributed by atoms with van der Waals surface area (Å²) in [6.45, 7) is -0.883. The summed E-state index contributed by atoms with van der Waals surface area (Å²) < 4.78 is 43.4. The lowest BCUT2D eigenvalue weighted by molar-refractivity contribution is -0.0702. The number of methoxy groups -OCH3 is 1. The van der Waals surface area contributed by atoms with Gasteiger partial charge in [-0.3, -0.25) is 4.68 Å². The van der Waals surface area contributed by atoms with Gasteiger partial charge in [0.2, 0.25) is 0 Å². The van der Waals surface area contributed by atoms with Crippen LogP contribution >= 0.6 is 0 Å². The zero-order chi connectivity index (χ0) is 26.0. The molecule has 0 aliphatic carbocycles. The Kier molecular flexibility index (Phi) is 6.94. The SMILES string of the molecule is COCC(NC(=O)N1CCC2(C1)OCCn1nc(-c3cnc(N)c(OC(F)F)c3)cc12)c1ccccc1. The molecule has 1 aromatic carbocycles. The van der Waals surface area contributed by atoms with E-state index in [2.05, 4.69) is 20.1 Å². The van der Waals surface area contributed by atoms with Gasteiger partial charge in [0.1, 0.15) is 5.60 Å². The largest absolute Gasteiger partial charge is 0.431 e. The van der Waals surface area contributed by atoms with Crippen molar-refractivity contribution in [2.45, 2.75) is 31.2 Å². The molecule has 2 atom stereocenters. The van der Waals surface area contributed by atoms with E-state index in [0.29, 0.717) is 50.5 Å². The van der Waals surface area contributed by atoms with Crippen molar-refractivity contribution in [3.8, 4) is 17.0 Å². The molecule has 4 heterocycles. The number of carbonyl (C=O) groups excluding carboxylic acids is 1. The number of ether oxygens (including phenoxy) is 3. The number of amides is 2. The first kappa shape index (κ1) is 24.9. The molecule has 0 saturated carbocycles. The zero-order valence-electron chi connectivity index (χ0n) is 20.3. The highest BCUT2D eigenvalue weighted by Gasteiger charge is 2.47. The van der Waals surface area contributed by atoms with Gasteiger partial charge in [0.05, 0.1) is 43.7 Å². The van der Waals surface area contributed by atoms with Crippen molar-refractivity contribution in [2.75, 3.05) is 39.1 Å². The second kappa shape index (κ2) is 10.3. The molecule has 3 N–H and O–H groups in total. The van der Waals surface area contributed by atoms with Gasteiger partial charge in [0, 0.05) is 31.8 Å². The molecule has 3 aromatic rings. The number of anilines is 1. The Balaban J connectivity index is 1.35. The van der Waals surface area contributed by atoms with E-state index in [4.69, 9.17) is 15.2 Å². The van der Waals surface area contributed by atoms with Crippen LogP contribution in [0.15, 0.2) is 48.7 Å². The van der Waals surface area contributed by atoms with Crippen LogP contribution in [0.3, 0.4) is 0 Å². The quantitative estimate of drug-likeness (QED) is 0.498. The van der Waals surface area contributed by atoms with Gasteiger partial charge in [-0.05, 0) is 17.7 Å². The topological polar surface area (TPSA) is 117 Å². The average molecular weight is 515 g/mol. The molecular formula is C25H28F2N6O4. The van der Waals surface area contributed by atoms with Gasteiger partial charge in [-0.1, -0.05) is 30.3 Å². The minimum atomic E-state index is -3.02. The molecule has 37 heavy (non-hydrogen) atoms. The van der Waals surface area contributed by atoms with Crippen molar-refractivity contribution in [3.63, 3.8) is 0 Å². The van der Waals surface area contributed by atoms with Crippen LogP contribution < -0.4 is 15.8 Å². The van der Waals surface area contributed by atoms with Crippen LogP contribution in [0.5, 0.6) is 5.75 Å². The smallest absolute Gasteiger partial charge is 0.387 e. The molecule has 0 bridgehead atoms. The summed E-state index contributed by atoms with van der Waals surface area (Å²) in [6.07, 6.45) is 2.05. The molecular weight excluding hydrogens is 486 g/mol. The number of alkyl halides is 2. The number of nitrogens with one attached hydrogen (secondary N) is 1. The monoisotopic (exact) mass is 514 g/mol. The lowest BCUT2D eigenvalue weighted by Crippen LogP contribution is -2.45. The molecule has 1 spiro atoms. The van der Waals surface area contributed by atoms with Crippen LogP contribution in [0.25, 0.3) is 11.3 Å². The average Bonchev–Trinajstić information content (AvgIpc) is 3.52. The fraction of sp³-hybridized carbons (Fsp3) is 0.400. The van der Waals surface area contributed by atoms with Crippen LogP contribution in [0.1, 0.15) is 23.7 Å². The number of rotatable bonds is 7. The van der Waals surface area contributed by atoms with Crippen LogP contribution in [-0.2, 0) is 21.6 Å². The molecule has 0 radical (unpaired) electrons. The fourth-order valence-corrected chi connectivity index (χ4v) is 4.88. The van der Waals surface area contributed by atoms with Crippen molar-refractivity contribution >= 4 is 11.8 Å². The first-order chi connectivity index (χ1) is 17.9. The molecule has 12 heteroatoms. The molecule has 2 aliphatic rings. The third-order valence-corrected chi connectivity index (χ3v) is 6.67. The molecule has 10 nitrogen and oxygen atoms in total. The zero-order valence-corrected chi connectivity index (χ0v) is 20.3. The summed E-state index contributed by atoms with van der Waals surface area (Å²) >= 11 is 0. The third-order valence-electron chi connectivity index (χ3n) is 6.67. The van der Waals surface area contributed by atoms with Crippen LogP contribution in [-0.4, -0.2) is 65.7 Å². The van der Waals surface area contributed by atoms with Crippen molar-refractivity contribution in [1.29, 1.82) is 0 Å². The third kappa shape index (κ3) is 5.07. The van der Waals surface area contributed by atoms with Gasteiger partial charge in [-0.25, -0.2) is 9.78 Å². The number of hydrogen-bond acceptors (Lipinski definition) is 7. The highest BCUT2D eigenvalue weighted by Crippen LogP contribution is 2.40. The summed E-state index contributed by atoms with van der Waals surface area (Å²) in [5, 5.41) is 7.72. The Morgan fingerprint density at radius 3 is 2.84 bits per heavy atom. The van der Waals surface area contributed by atoms with E-state index in [0.717, 1.165) is 11.3 Å². The number of nitrogen functional groups attached to an aromatic ring is 1. The first-order valence-corrected chi connectivity index (χ1v) is 11.9. The lowest BCUT2D eigenvalue weighted by Gasteiger charge is -2.34. The maximum absolute atomic E-state index is 13.2. The summed E-state index contributed by atoms with van der Waals surface area (Å²) in [6, 6.07) is 12.4.